The lowest BCUT2D eigenvalue weighted by atomic mass is 10.1. The summed E-state index contributed by atoms with van der Waals surface area (Å²) in [4.78, 5) is 36.2. The van der Waals surface area contributed by atoms with E-state index in [-0.39, 0.29) is 18.7 Å². The van der Waals surface area contributed by atoms with E-state index in [0.29, 0.717) is 0 Å². The Bertz CT molecular complexity index is 369. The first kappa shape index (κ1) is 14.0. The summed E-state index contributed by atoms with van der Waals surface area (Å²) in [5, 5.41) is 8.57. The van der Waals surface area contributed by atoms with Crippen LogP contribution in [0.3, 0.4) is 0 Å². The van der Waals surface area contributed by atoms with Gasteiger partial charge in [0.05, 0.1) is 4.95 Å². The highest BCUT2D eigenvalue weighted by atomic mass is 79.9. The van der Waals surface area contributed by atoms with Crippen LogP contribution in [0, 0.1) is 0 Å². The lowest BCUT2D eigenvalue weighted by Gasteiger charge is -2.22. The Labute approximate surface area is 108 Å². The number of nitrogens with zero attached hydrogens (tertiary/aromatic N) is 2. The number of hydrogen-bond donors (Lipinski definition) is 1. The summed E-state index contributed by atoms with van der Waals surface area (Å²) in [6.45, 7) is 3.31. The third kappa shape index (κ3) is 2.43. The summed E-state index contributed by atoms with van der Waals surface area (Å²) in [5.74, 6) is -1.28. The molecule has 1 N–H and O–H groups in total. The molecule has 1 aliphatic heterocycles. The topological polar surface area (TPSA) is 77.9 Å². The first-order valence-corrected chi connectivity index (χ1v) is 6.08. The molecule has 0 radical (unpaired) electrons. The van der Waals surface area contributed by atoms with Gasteiger partial charge in [-0.3, -0.25) is 9.59 Å². The second-order valence-corrected chi connectivity index (χ2v) is 5.50. The Kier molecular flexibility index (Phi) is 3.81. The average molecular weight is 307 g/mol. The highest BCUT2D eigenvalue weighted by Gasteiger charge is 2.51. The Morgan fingerprint density at radius 3 is 2.35 bits per heavy atom. The maximum atomic E-state index is 12.0. The lowest BCUT2D eigenvalue weighted by Crippen LogP contribution is -2.42. The maximum Gasteiger partial charge on any atom is 0.328 e. The molecular weight excluding hydrogens is 292 g/mol. The van der Waals surface area contributed by atoms with Crippen LogP contribution in [0.5, 0.6) is 0 Å². The number of imide groups is 1. The molecule has 0 spiro atoms. The molecule has 1 fully saturated rings. The van der Waals surface area contributed by atoms with Crippen molar-refractivity contribution in [2.45, 2.75) is 37.2 Å². The number of halogens is 1. The van der Waals surface area contributed by atoms with Crippen molar-refractivity contribution in [1.29, 1.82) is 0 Å². The molecule has 0 aliphatic carbocycles. The van der Waals surface area contributed by atoms with Crippen LogP contribution in [-0.2, 0) is 9.59 Å². The number of urea groups is 1. The Morgan fingerprint density at radius 2 is 2.00 bits per heavy atom. The molecule has 1 unspecified atom stereocenters. The molecule has 0 aromatic heterocycles. The van der Waals surface area contributed by atoms with Gasteiger partial charge in [0.25, 0.3) is 5.91 Å². The minimum Gasteiger partial charge on any atom is -0.481 e. The van der Waals surface area contributed by atoms with E-state index in [4.69, 9.17) is 5.11 Å². The Balaban J connectivity index is 2.81. The first-order valence-electron chi connectivity index (χ1n) is 5.17. The van der Waals surface area contributed by atoms with E-state index in [0.717, 1.165) is 4.90 Å². The monoisotopic (exact) mass is 306 g/mol. The molecule has 7 heteroatoms. The molecule has 6 nitrogen and oxygen atoms in total. The van der Waals surface area contributed by atoms with E-state index >= 15 is 0 Å². The van der Waals surface area contributed by atoms with E-state index in [9.17, 15) is 14.4 Å². The largest absolute Gasteiger partial charge is 0.481 e. The zero-order chi connectivity index (χ0) is 13.4. The predicted molar refractivity (Wildman–Crippen MR) is 63.7 cm³/mol. The van der Waals surface area contributed by atoms with Gasteiger partial charge in [0, 0.05) is 13.5 Å². The van der Waals surface area contributed by atoms with Crippen molar-refractivity contribution in [2.75, 3.05) is 7.05 Å². The van der Waals surface area contributed by atoms with Gasteiger partial charge in [-0.15, -0.1) is 0 Å². The van der Waals surface area contributed by atoms with Gasteiger partial charge in [0.2, 0.25) is 0 Å². The zero-order valence-corrected chi connectivity index (χ0v) is 11.5. The van der Waals surface area contributed by atoms with E-state index in [1.165, 1.54) is 4.90 Å². The van der Waals surface area contributed by atoms with Crippen molar-refractivity contribution in [3.8, 4) is 0 Å². The van der Waals surface area contributed by atoms with Crippen molar-refractivity contribution in [2.24, 2.45) is 0 Å². The summed E-state index contributed by atoms with van der Waals surface area (Å²) in [6, 6.07) is -0.410. The highest BCUT2D eigenvalue weighted by Crippen LogP contribution is 2.30. The molecule has 1 heterocycles. The summed E-state index contributed by atoms with van der Waals surface area (Å²) in [7, 11) is 1.55. The minimum absolute atomic E-state index is 0.100. The number of aliphatic carboxylic acids is 1. The van der Waals surface area contributed by atoms with E-state index < -0.39 is 22.5 Å². The third-order valence-electron chi connectivity index (χ3n) is 2.95. The number of likely N-dealkylation sites (N-methyl/N-ethyl adjacent to an activating group) is 1. The molecule has 96 valence electrons. The molecule has 17 heavy (non-hydrogen) atoms. The van der Waals surface area contributed by atoms with Crippen LogP contribution in [0.2, 0.25) is 0 Å². The number of alkyl halides is 1. The van der Waals surface area contributed by atoms with Crippen LogP contribution in [0.4, 0.5) is 4.79 Å². The van der Waals surface area contributed by atoms with Gasteiger partial charge in [-0.1, -0.05) is 15.9 Å². The standard InChI is InChI=1S/C10H15BrN2O4/c1-10(2)8(16)13(9(17)12(10)3)6(11)4-5-7(14)15/h6H,4-5H2,1-3H3,(H,14,15). The van der Waals surface area contributed by atoms with Crippen LogP contribution in [-0.4, -0.2) is 50.4 Å². The fourth-order valence-corrected chi connectivity index (χ4v) is 2.13. The Morgan fingerprint density at radius 1 is 1.47 bits per heavy atom. The predicted octanol–water partition coefficient (Wildman–Crippen LogP) is 1.24. The third-order valence-corrected chi connectivity index (χ3v) is 3.82. The van der Waals surface area contributed by atoms with Crippen molar-refractivity contribution >= 4 is 33.8 Å². The van der Waals surface area contributed by atoms with Crippen molar-refractivity contribution in [3.05, 3.63) is 0 Å². The normalized spacial score (nSPS) is 20.9. The van der Waals surface area contributed by atoms with Crippen LogP contribution < -0.4 is 0 Å². The van der Waals surface area contributed by atoms with Crippen LogP contribution in [0.15, 0.2) is 0 Å². The van der Waals surface area contributed by atoms with Crippen LogP contribution in [0.1, 0.15) is 26.7 Å². The van der Waals surface area contributed by atoms with E-state index in [2.05, 4.69) is 15.9 Å². The number of carboxylic acids is 1. The van der Waals surface area contributed by atoms with Gasteiger partial charge in [0.1, 0.15) is 5.54 Å². The molecule has 1 aliphatic rings. The molecule has 1 atom stereocenters. The molecular formula is C10H15BrN2O4. The molecule has 1 rings (SSSR count). The lowest BCUT2D eigenvalue weighted by molar-refractivity contribution is -0.138. The van der Waals surface area contributed by atoms with Gasteiger partial charge in [-0.2, -0.15) is 0 Å². The number of carbonyl (C=O) groups is 3. The summed E-state index contributed by atoms with van der Waals surface area (Å²) in [5.41, 5.74) is -0.883. The molecule has 0 bridgehead atoms. The molecule has 0 saturated carbocycles. The second-order valence-electron chi connectivity index (χ2n) is 4.44. The van der Waals surface area contributed by atoms with Crippen molar-refractivity contribution < 1.29 is 19.5 Å². The SMILES string of the molecule is CN1C(=O)N(C(Br)CCC(=O)O)C(=O)C1(C)C. The number of amides is 3. The maximum absolute atomic E-state index is 12.0. The average Bonchev–Trinajstić information content (AvgIpc) is 2.37. The van der Waals surface area contributed by atoms with Gasteiger partial charge >= 0.3 is 12.0 Å². The first-order chi connectivity index (χ1) is 7.69. The van der Waals surface area contributed by atoms with Crippen molar-refractivity contribution in [3.63, 3.8) is 0 Å². The molecule has 0 aromatic carbocycles. The molecule has 3 amide bonds. The Hall–Kier alpha value is -1.11. The summed E-state index contributed by atoms with van der Waals surface area (Å²) < 4.78 is 0. The van der Waals surface area contributed by atoms with Gasteiger partial charge in [0.15, 0.2) is 0 Å². The smallest absolute Gasteiger partial charge is 0.328 e. The number of hydrogen-bond acceptors (Lipinski definition) is 3. The van der Waals surface area contributed by atoms with Gasteiger partial charge in [-0.25, -0.2) is 9.69 Å². The van der Waals surface area contributed by atoms with E-state index in [1.807, 2.05) is 0 Å². The number of carbonyl (C=O) groups excluding carboxylic acids is 2. The van der Waals surface area contributed by atoms with Crippen molar-refractivity contribution in [1.82, 2.24) is 9.80 Å². The highest BCUT2D eigenvalue weighted by molar-refractivity contribution is 9.09. The van der Waals surface area contributed by atoms with Crippen LogP contribution in [0.25, 0.3) is 0 Å². The van der Waals surface area contributed by atoms with Crippen LogP contribution >= 0.6 is 15.9 Å². The summed E-state index contributed by atoms with van der Waals surface area (Å²) >= 11 is 3.19. The van der Waals surface area contributed by atoms with Gasteiger partial charge < -0.3 is 10.0 Å². The second kappa shape index (κ2) is 4.64. The number of rotatable bonds is 4. The fraction of sp³-hybridized carbons (Fsp3) is 0.700. The minimum atomic E-state index is -0.957. The summed E-state index contributed by atoms with van der Waals surface area (Å²) in [6.07, 6.45) is 0.0911. The zero-order valence-electron chi connectivity index (χ0n) is 9.94. The number of carboxylic acid groups (broad SMARTS) is 1. The fourth-order valence-electron chi connectivity index (χ4n) is 1.54. The van der Waals surface area contributed by atoms with E-state index in [1.54, 1.807) is 20.9 Å². The quantitative estimate of drug-likeness (QED) is 0.481. The molecule has 0 aromatic rings. The molecule has 1 saturated heterocycles. The van der Waals surface area contributed by atoms with Gasteiger partial charge in [-0.05, 0) is 20.3 Å².